The Balaban J connectivity index is 1.87. The van der Waals surface area contributed by atoms with E-state index < -0.39 is 5.82 Å². The first-order valence-electron chi connectivity index (χ1n) is 7.93. The number of carbonyl (C=O) groups excluding carboxylic acids is 2. The third-order valence-corrected chi connectivity index (χ3v) is 3.70. The molecule has 1 N–H and O–H groups in total. The largest absolute Gasteiger partial charge is 0.497 e. The van der Waals surface area contributed by atoms with Crippen molar-refractivity contribution in [3.05, 3.63) is 59.9 Å². The van der Waals surface area contributed by atoms with Crippen LogP contribution in [0.25, 0.3) is 0 Å². The highest BCUT2D eigenvalue weighted by Crippen LogP contribution is 2.15. The van der Waals surface area contributed by atoms with Crippen LogP contribution in [0.15, 0.2) is 48.5 Å². The van der Waals surface area contributed by atoms with Crippen LogP contribution in [-0.2, 0) is 16.0 Å². The highest BCUT2D eigenvalue weighted by molar-refractivity contribution is 5.97. The van der Waals surface area contributed by atoms with Gasteiger partial charge in [0, 0.05) is 19.2 Å². The fraction of sp³-hybridized carbons (Fsp3) is 0.263. The molecule has 2 amide bonds. The fourth-order valence-corrected chi connectivity index (χ4v) is 2.37. The molecule has 0 spiro atoms. The summed E-state index contributed by atoms with van der Waals surface area (Å²) in [6, 6.07) is 13.2. The lowest BCUT2D eigenvalue weighted by atomic mass is 10.1. The van der Waals surface area contributed by atoms with Crippen molar-refractivity contribution in [3.8, 4) is 5.75 Å². The number of nitrogens with zero attached hydrogens (tertiary/aromatic N) is 1. The van der Waals surface area contributed by atoms with Gasteiger partial charge in [0.1, 0.15) is 18.1 Å². The van der Waals surface area contributed by atoms with Gasteiger partial charge < -0.3 is 15.0 Å². The van der Waals surface area contributed by atoms with Gasteiger partial charge in [-0.05, 0) is 42.3 Å². The van der Waals surface area contributed by atoms with Crippen LogP contribution in [-0.4, -0.2) is 32.0 Å². The maximum Gasteiger partial charge on any atom is 0.240 e. The zero-order valence-corrected chi connectivity index (χ0v) is 14.3. The molecule has 0 saturated carbocycles. The van der Waals surface area contributed by atoms with E-state index in [-0.39, 0.29) is 18.4 Å². The van der Waals surface area contributed by atoms with Crippen molar-refractivity contribution >= 4 is 17.5 Å². The molecule has 2 aromatic carbocycles. The summed E-state index contributed by atoms with van der Waals surface area (Å²) in [7, 11) is 1.61. The maximum atomic E-state index is 13.3. The Kier molecular flexibility index (Phi) is 6.51. The van der Waals surface area contributed by atoms with Crippen molar-refractivity contribution in [2.75, 3.05) is 25.1 Å². The summed E-state index contributed by atoms with van der Waals surface area (Å²) in [6.45, 7) is 1.64. The van der Waals surface area contributed by atoms with E-state index in [1.165, 1.54) is 30.0 Å². The number of methoxy groups -OCH3 is 1. The van der Waals surface area contributed by atoms with E-state index in [1.807, 2.05) is 24.3 Å². The van der Waals surface area contributed by atoms with Crippen molar-refractivity contribution < 1.29 is 18.7 Å². The second-order valence-electron chi connectivity index (χ2n) is 5.53. The number of anilines is 1. The lowest BCUT2D eigenvalue weighted by molar-refractivity contribution is -0.123. The topological polar surface area (TPSA) is 58.6 Å². The predicted octanol–water partition coefficient (Wildman–Crippen LogP) is 2.55. The highest BCUT2D eigenvalue weighted by Gasteiger charge is 2.16. The van der Waals surface area contributed by atoms with Gasteiger partial charge in [0.2, 0.25) is 11.8 Å². The minimum atomic E-state index is -0.455. The molecule has 25 heavy (non-hydrogen) atoms. The van der Waals surface area contributed by atoms with Crippen LogP contribution < -0.4 is 15.0 Å². The van der Waals surface area contributed by atoms with E-state index in [1.54, 1.807) is 13.2 Å². The number of rotatable bonds is 7. The number of hydrogen-bond donors (Lipinski definition) is 1. The summed E-state index contributed by atoms with van der Waals surface area (Å²) in [5.41, 5.74) is 1.42. The molecule has 2 rings (SSSR count). The minimum Gasteiger partial charge on any atom is -0.497 e. The van der Waals surface area contributed by atoms with Gasteiger partial charge in [-0.25, -0.2) is 4.39 Å². The SMILES string of the molecule is COc1ccc(CCNC(=O)CN(C(C)=O)c2cccc(F)c2)cc1. The molecule has 2 aromatic rings. The standard InChI is InChI=1S/C19H21FN2O3/c1-14(23)22(17-5-3-4-16(20)12-17)13-19(24)21-11-10-15-6-8-18(25-2)9-7-15/h3-9,12H,10-11,13H2,1-2H3,(H,21,24). The Hall–Kier alpha value is -2.89. The van der Waals surface area contributed by atoms with E-state index in [4.69, 9.17) is 4.74 Å². The molecule has 0 aliphatic rings. The summed E-state index contributed by atoms with van der Waals surface area (Å²) in [6.07, 6.45) is 0.662. The summed E-state index contributed by atoms with van der Waals surface area (Å²) < 4.78 is 18.4. The normalized spacial score (nSPS) is 10.2. The van der Waals surface area contributed by atoms with Crippen molar-refractivity contribution in [2.45, 2.75) is 13.3 Å². The van der Waals surface area contributed by atoms with Gasteiger partial charge in [-0.1, -0.05) is 18.2 Å². The zero-order valence-electron chi connectivity index (χ0n) is 14.3. The second kappa shape index (κ2) is 8.82. The Bertz CT molecular complexity index is 732. The molecule has 0 unspecified atom stereocenters. The van der Waals surface area contributed by atoms with Gasteiger partial charge in [0.05, 0.1) is 7.11 Å². The van der Waals surface area contributed by atoms with E-state index in [2.05, 4.69) is 5.32 Å². The van der Waals surface area contributed by atoms with E-state index in [9.17, 15) is 14.0 Å². The van der Waals surface area contributed by atoms with Crippen LogP contribution in [0.1, 0.15) is 12.5 Å². The predicted molar refractivity (Wildman–Crippen MR) is 94.1 cm³/mol. The molecule has 0 saturated heterocycles. The third kappa shape index (κ3) is 5.60. The maximum absolute atomic E-state index is 13.3. The first-order chi connectivity index (χ1) is 12.0. The third-order valence-electron chi connectivity index (χ3n) is 3.70. The fourth-order valence-electron chi connectivity index (χ4n) is 2.37. The molecule has 6 heteroatoms. The van der Waals surface area contributed by atoms with E-state index in [0.29, 0.717) is 18.7 Å². The van der Waals surface area contributed by atoms with Crippen LogP contribution in [0.5, 0.6) is 5.75 Å². The van der Waals surface area contributed by atoms with Gasteiger partial charge in [-0.2, -0.15) is 0 Å². The Morgan fingerprint density at radius 1 is 1.16 bits per heavy atom. The average molecular weight is 344 g/mol. The molecule has 132 valence electrons. The summed E-state index contributed by atoms with van der Waals surface area (Å²) in [4.78, 5) is 25.1. The molecule has 0 aliphatic heterocycles. The molecular formula is C19H21FN2O3. The molecular weight excluding hydrogens is 323 g/mol. The number of amides is 2. The second-order valence-corrected chi connectivity index (χ2v) is 5.53. The summed E-state index contributed by atoms with van der Waals surface area (Å²) >= 11 is 0. The molecule has 0 heterocycles. The number of benzene rings is 2. The highest BCUT2D eigenvalue weighted by atomic mass is 19.1. The number of hydrogen-bond acceptors (Lipinski definition) is 3. The lowest BCUT2D eigenvalue weighted by Crippen LogP contribution is -2.40. The number of nitrogens with one attached hydrogen (secondary N) is 1. The summed E-state index contributed by atoms with van der Waals surface area (Å²) in [5, 5.41) is 2.77. The van der Waals surface area contributed by atoms with E-state index >= 15 is 0 Å². The van der Waals surface area contributed by atoms with E-state index in [0.717, 1.165) is 11.3 Å². The van der Waals surface area contributed by atoms with Crippen LogP contribution in [0.2, 0.25) is 0 Å². The molecule has 0 fully saturated rings. The Labute approximate surface area is 146 Å². The Morgan fingerprint density at radius 2 is 1.88 bits per heavy atom. The molecule has 0 aromatic heterocycles. The van der Waals surface area contributed by atoms with Gasteiger partial charge in [0.25, 0.3) is 0 Å². The molecule has 0 atom stereocenters. The number of carbonyl (C=O) groups is 2. The van der Waals surface area contributed by atoms with Crippen LogP contribution in [0.3, 0.4) is 0 Å². The smallest absolute Gasteiger partial charge is 0.240 e. The zero-order chi connectivity index (χ0) is 18.2. The van der Waals surface area contributed by atoms with Gasteiger partial charge in [-0.15, -0.1) is 0 Å². The quantitative estimate of drug-likeness (QED) is 0.840. The first kappa shape index (κ1) is 18.4. The van der Waals surface area contributed by atoms with Crippen LogP contribution >= 0.6 is 0 Å². The van der Waals surface area contributed by atoms with Crippen molar-refractivity contribution in [3.63, 3.8) is 0 Å². The molecule has 0 bridgehead atoms. The molecule has 5 nitrogen and oxygen atoms in total. The first-order valence-corrected chi connectivity index (χ1v) is 7.93. The van der Waals surface area contributed by atoms with Crippen LogP contribution in [0, 0.1) is 5.82 Å². The van der Waals surface area contributed by atoms with Gasteiger partial charge in [0.15, 0.2) is 0 Å². The van der Waals surface area contributed by atoms with Gasteiger partial charge in [-0.3, -0.25) is 9.59 Å². The summed E-state index contributed by atoms with van der Waals surface area (Å²) in [5.74, 6) is -0.299. The molecule has 0 aliphatic carbocycles. The average Bonchev–Trinajstić information content (AvgIpc) is 2.60. The number of ether oxygens (including phenoxy) is 1. The van der Waals surface area contributed by atoms with Crippen molar-refractivity contribution in [1.82, 2.24) is 5.32 Å². The van der Waals surface area contributed by atoms with Crippen LogP contribution in [0.4, 0.5) is 10.1 Å². The van der Waals surface area contributed by atoms with Crippen molar-refractivity contribution in [2.24, 2.45) is 0 Å². The monoisotopic (exact) mass is 344 g/mol. The lowest BCUT2D eigenvalue weighted by Gasteiger charge is -2.20. The van der Waals surface area contributed by atoms with Gasteiger partial charge >= 0.3 is 0 Å². The minimum absolute atomic E-state index is 0.151. The van der Waals surface area contributed by atoms with Crippen molar-refractivity contribution in [1.29, 1.82) is 0 Å². The number of halogens is 1. The molecule has 0 radical (unpaired) electrons. The Morgan fingerprint density at radius 3 is 2.48 bits per heavy atom.